The van der Waals surface area contributed by atoms with E-state index < -0.39 is 12.0 Å². The molecule has 4 nitrogen and oxygen atoms in total. The second kappa shape index (κ2) is 8.76. The van der Waals surface area contributed by atoms with Crippen LogP contribution in [0.2, 0.25) is 5.02 Å². The number of aryl methyl sites for hydroxylation is 1. The summed E-state index contributed by atoms with van der Waals surface area (Å²) in [4.78, 5) is 18.8. The fourth-order valence-corrected chi connectivity index (χ4v) is 3.41. The summed E-state index contributed by atoms with van der Waals surface area (Å²) in [7, 11) is 0. The normalized spacial score (nSPS) is 19.9. The fourth-order valence-electron chi connectivity index (χ4n) is 3.23. The SMILES string of the molecule is Cc1ccc(CNCC2CC(F)CCN2C(=O)c2ccc(F)c(Cl)c2)nc1. The molecule has 3 rings (SSSR count). The number of rotatable bonds is 5. The highest BCUT2D eigenvalue weighted by atomic mass is 35.5. The number of amides is 1. The molecule has 2 heterocycles. The lowest BCUT2D eigenvalue weighted by molar-refractivity contribution is 0.0505. The molecule has 2 aromatic rings. The van der Waals surface area contributed by atoms with Gasteiger partial charge in [-0.3, -0.25) is 9.78 Å². The number of alkyl halides is 1. The summed E-state index contributed by atoms with van der Waals surface area (Å²) in [5, 5.41) is 3.16. The van der Waals surface area contributed by atoms with Crippen LogP contribution in [-0.2, 0) is 6.54 Å². The third-order valence-electron chi connectivity index (χ3n) is 4.74. The van der Waals surface area contributed by atoms with E-state index in [1.807, 2.05) is 19.1 Å². The van der Waals surface area contributed by atoms with Gasteiger partial charge in [0.2, 0.25) is 0 Å². The molecule has 1 fully saturated rings. The van der Waals surface area contributed by atoms with Crippen LogP contribution in [0.1, 0.15) is 34.5 Å². The Morgan fingerprint density at radius 2 is 2.19 bits per heavy atom. The average molecular weight is 394 g/mol. The molecule has 0 spiro atoms. The van der Waals surface area contributed by atoms with Crippen molar-refractivity contribution < 1.29 is 13.6 Å². The topological polar surface area (TPSA) is 45.2 Å². The molecule has 27 heavy (non-hydrogen) atoms. The number of carbonyl (C=O) groups excluding carboxylic acids is 1. The third-order valence-corrected chi connectivity index (χ3v) is 5.03. The molecule has 0 aliphatic carbocycles. The van der Waals surface area contributed by atoms with Gasteiger partial charge in [0.05, 0.1) is 10.7 Å². The zero-order chi connectivity index (χ0) is 19.4. The molecule has 7 heteroatoms. The number of nitrogens with one attached hydrogen (secondary N) is 1. The van der Waals surface area contributed by atoms with Crippen molar-refractivity contribution in [3.63, 3.8) is 0 Å². The number of hydrogen-bond donors (Lipinski definition) is 1. The number of pyridine rings is 1. The Bertz CT molecular complexity index is 800. The van der Waals surface area contributed by atoms with Crippen molar-refractivity contribution in [2.75, 3.05) is 13.1 Å². The summed E-state index contributed by atoms with van der Waals surface area (Å²) in [5.41, 5.74) is 2.28. The molecule has 1 saturated heterocycles. The van der Waals surface area contributed by atoms with E-state index in [2.05, 4.69) is 10.3 Å². The summed E-state index contributed by atoms with van der Waals surface area (Å²) >= 11 is 5.79. The number of halogens is 3. The van der Waals surface area contributed by atoms with Gasteiger partial charge in [0.25, 0.3) is 5.91 Å². The van der Waals surface area contributed by atoms with Gasteiger partial charge < -0.3 is 10.2 Å². The Balaban J connectivity index is 1.65. The van der Waals surface area contributed by atoms with Crippen LogP contribution in [0.5, 0.6) is 0 Å². The molecule has 2 unspecified atom stereocenters. The first-order valence-electron chi connectivity index (χ1n) is 8.96. The van der Waals surface area contributed by atoms with Crippen molar-refractivity contribution in [3.05, 3.63) is 64.2 Å². The molecule has 0 bridgehead atoms. The molecule has 0 saturated carbocycles. The lowest BCUT2D eigenvalue weighted by Crippen LogP contribution is -2.51. The highest BCUT2D eigenvalue weighted by molar-refractivity contribution is 6.31. The number of likely N-dealkylation sites (tertiary alicyclic amines) is 1. The largest absolute Gasteiger partial charge is 0.334 e. The smallest absolute Gasteiger partial charge is 0.254 e. The quantitative estimate of drug-likeness (QED) is 0.837. The van der Waals surface area contributed by atoms with Crippen molar-refractivity contribution >= 4 is 17.5 Å². The van der Waals surface area contributed by atoms with E-state index in [-0.39, 0.29) is 23.4 Å². The molecular formula is C20H22ClF2N3O. The highest BCUT2D eigenvalue weighted by Crippen LogP contribution is 2.24. The van der Waals surface area contributed by atoms with Crippen LogP contribution in [0.4, 0.5) is 8.78 Å². The maximum atomic E-state index is 13.9. The maximum Gasteiger partial charge on any atom is 0.254 e. The molecule has 1 aliphatic heterocycles. The van der Waals surface area contributed by atoms with Crippen molar-refractivity contribution in [2.24, 2.45) is 0 Å². The van der Waals surface area contributed by atoms with E-state index in [1.165, 1.54) is 18.2 Å². The Morgan fingerprint density at radius 3 is 2.89 bits per heavy atom. The van der Waals surface area contributed by atoms with E-state index in [0.717, 1.165) is 11.3 Å². The Hall–Kier alpha value is -2.05. The maximum absolute atomic E-state index is 13.9. The monoisotopic (exact) mass is 393 g/mol. The highest BCUT2D eigenvalue weighted by Gasteiger charge is 2.32. The van der Waals surface area contributed by atoms with Crippen LogP contribution in [0, 0.1) is 12.7 Å². The summed E-state index contributed by atoms with van der Waals surface area (Å²) in [6, 6.07) is 7.54. The van der Waals surface area contributed by atoms with Crippen molar-refractivity contribution in [1.29, 1.82) is 0 Å². The zero-order valence-corrected chi connectivity index (χ0v) is 15.8. The van der Waals surface area contributed by atoms with Crippen molar-refractivity contribution in [3.8, 4) is 0 Å². The molecule has 1 aromatic carbocycles. The number of hydrogen-bond acceptors (Lipinski definition) is 3. The third kappa shape index (κ3) is 5.02. The number of aromatic nitrogens is 1. The Morgan fingerprint density at radius 1 is 1.37 bits per heavy atom. The molecule has 144 valence electrons. The van der Waals surface area contributed by atoms with Crippen LogP contribution in [0.3, 0.4) is 0 Å². The Labute approximate surface area is 162 Å². The molecule has 1 N–H and O–H groups in total. The van der Waals surface area contributed by atoms with E-state index in [0.29, 0.717) is 31.6 Å². The minimum absolute atomic E-state index is 0.0960. The summed E-state index contributed by atoms with van der Waals surface area (Å²) < 4.78 is 27.3. The second-order valence-corrected chi connectivity index (χ2v) is 7.27. The molecule has 0 radical (unpaired) electrons. The molecule has 2 atom stereocenters. The van der Waals surface area contributed by atoms with Gasteiger partial charge >= 0.3 is 0 Å². The fraction of sp³-hybridized carbons (Fsp3) is 0.400. The minimum atomic E-state index is -0.935. The summed E-state index contributed by atoms with van der Waals surface area (Å²) in [6.07, 6.45) is 1.43. The Kier molecular flexibility index (Phi) is 6.39. The van der Waals surface area contributed by atoms with Gasteiger partial charge in [-0.2, -0.15) is 0 Å². The van der Waals surface area contributed by atoms with Crippen LogP contribution in [-0.4, -0.2) is 41.1 Å². The molecular weight excluding hydrogens is 372 g/mol. The predicted octanol–water partition coefficient (Wildman–Crippen LogP) is 3.92. The van der Waals surface area contributed by atoms with Crippen LogP contribution < -0.4 is 5.32 Å². The van der Waals surface area contributed by atoms with Gasteiger partial charge in [0.1, 0.15) is 12.0 Å². The average Bonchev–Trinajstić information content (AvgIpc) is 2.65. The summed E-state index contributed by atoms with van der Waals surface area (Å²) in [5.74, 6) is -0.830. The van der Waals surface area contributed by atoms with E-state index >= 15 is 0 Å². The zero-order valence-electron chi connectivity index (χ0n) is 15.1. The number of piperidine rings is 1. The van der Waals surface area contributed by atoms with E-state index in [4.69, 9.17) is 11.6 Å². The lowest BCUT2D eigenvalue weighted by Gasteiger charge is -2.37. The van der Waals surface area contributed by atoms with Gasteiger partial charge in [0.15, 0.2) is 0 Å². The van der Waals surface area contributed by atoms with E-state index in [1.54, 1.807) is 11.1 Å². The number of benzene rings is 1. The standard InChI is InChI=1S/C20H22ClF2N3O/c1-13-2-4-16(25-10-13)11-24-12-17-9-15(22)6-7-26(17)20(27)14-3-5-19(23)18(21)8-14/h2-5,8,10,15,17,24H,6-7,9,11-12H2,1H3. The van der Waals surface area contributed by atoms with Crippen LogP contribution in [0.25, 0.3) is 0 Å². The van der Waals surface area contributed by atoms with Gasteiger partial charge in [-0.15, -0.1) is 0 Å². The van der Waals surface area contributed by atoms with Gasteiger partial charge in [0, 0.05) is 43.9 Å². The predicted molar refractivity (Wildman–Crippen MR) is 101 cm³/mol. The molecule has 1 amide bonds. The van der Waals surface area contributed by atoms with Gasteiger partial charge in [-0.1, -0.05) is 17.7 Å². The first kappa shape index (κ1) is 19.7. The van der Waals surface area contributed by atoms with Crippen molar-refractivity contribution in [1.82, 2.24) is 15.2 Å². The number of nitrogens with zero attached hydrogens (tertiary/aromatic N) is 2. The molecule has 1 aromatic heterocycles. The van der Waals surface area contributed by atoms with E-state index in [9.17, 15) is 13.6 Å². The first-order valence-corrected chi connectivity index (χ1v) is 9.34. The van der Waals surface area contributed by atoms with Gasteiger partial charge in [-0.25, -0.2) is 8.78 Å². The summed E-state index contributed by atoms with van der Waals surface area (Å²) in [6.45, 7) is 3.29. The van der Waals surface area contributed by atoms with Crippen molar-refractivity contribution in [2.45, 2.75) is 38.5 Å². The van der Waals surface area contributed by atoms with Gasteiger partial charge in [-0.05, 0) is 43.2 Å². The lowest BCUT2D eigenvalue weighted by atomic mass is 9.99. The number of carbonyl (C=O) groups is 1. The molecule has 1 aliphatic rings. The van der Waals surface area contributed by atoms with Crippen LogP contribution >= 0.6 is 11.6 Å². The second-order valence-electron chi connectivity index (χ2n) is 6.86. The first-order chi connectivity index (χ1) is 12.9. The minimum Gasteiger partial charge on any atom is -0.334 e. The van der Waals surface area contributed by atoms with Crippen LogP contribution in [0.15, 0.2) is 36.5 Å².